The van der Waals surface area contributed by atoms with Crippen LogP contribution in [0.1, 0.15) is 328 Å². The van der Waals surface area contributed by atoms with Crippen LogP contribution in [0, 0.1) is 0 Å². The summed E-state index contributed by atoms with van der Waals surface area (Å²) in [6, 6.07) is -1.17. The van der Waals surface area contributed by atoms with Gasteiger partial charge in [-0.2, -0.15) is 0 Å². The zero-order valence-electron chi connectivity index (χ0n) is 49.8. The molecule has 1 amide bonds. The van der Waals surface area contributed by atoms with E-state index in [2.05, 4.69) is 31.3 Å². The van der Waals surface area contributed by atoms with Crippen molar-refractivity contribution in [2.75, 3.05) is 13.2 Å². The molecule has 1 heterocycles. The molecule has 0 aromatic rings. The molecule has 1 rings (SSSR count). The van der Waals surface area contributed by atoms with Crippen molar-refractivity contribution in [3.63, 3.8) is 0 Å². The van der Waals surface area contributed by atoms with Gasteiger partial charge in [0.25, 0.3) is 0 Å². The smallest absolute Gasteiger partial charge is 0.249 e. The predicted molar refractivity (Wildman–Crippen MR) is 316 cm³/mol. The molecule has 11 nitrogen and oxygen atoms in total. The monoisotopic (exact) mass is 1080 g/mol. The van der Waals surface area contributed by atoms with E-state index in [1.807, 2.05) is 0 Å². The highest BCUT2D eigenvalue weighted by Crippen LogP contribution is 2.24. The van der Waals surface area contributed by atoms with Crippen molar-refractivity contribution in [3.8, 4) is 0 Å². The Labute approximate surface area is 468 Å². The molecule has 1 aliphatic heterocycles. The Morgan fingerprint density at radius 2 is 0.763 bits per heavy atom. The van der Waals surface area contributed by atoms with Crippen molar-refractivity contribution in [2.24, 2.45) is 0 Å². The highest BCUT2D eigenvalue weighted by Gasteiger charge is 2.44. The molecular formula is C65H127NO10. The summed E-state index contributed by atoms with van der Waals surface area (Å²) in [5.74, 6) is -0.700. The van der Waals surface area contributed by atoms with Crippen LogP contribution in [0.25, 0.3) is 0 Å². The number of carbonyl (C=O) groups excluding carboxylic acids is 1. The van der Waals surface area contributed by atoms with Crippen LogP contribution in [-0.4, -0.2) is 110 Å². The van der Waals surface area contributed by atoms with Gasteiger partial charge in [-0.05, 0) is 38.5 Å². The summed E-state index contributed by atoms with van der Waals surface area (Å²) in [4.78, 5) is 13.2. The number of carbonyl (C=O) groups is 1. The van der Waals surface area contributed by atoms with Gasteiger partial charge in [0.15, 0.2) is 6.29 Å². The standard InChI is InChI=1S/C65H127NO10/c1-3-5-7-9-11-13-15-17-19-21-22-23-24-25-26-27-28-29-30-31-32-33-34-35-37-38-40-42-44-46-48-50-52-57(68)60(70)56(55-75-65-63(73)62(72)61(71)59(54-67)76-65)66-64(74)58(69)53-51-49-47-45-43-41-39-36-20-18-16-14-12-10-8-6-4-2/h39,41,56-63,65,67-73H,3-38,40,42-55H2,1-2H3,(H,66,74)/b41-39-. The number of nitrogens with one attached hydrogen (secondary N) is 1. The summed E-state index contributed by atoms with van der Waals surface area (Å²) in [6.07, 6.45) is 54.4. The number of ether oxygens (including phenoxy) is 2. The van der Waals surface area contributed by atoms with Crippen molar-refractivity contribution in [3.05, 3.63) is 12.2 Å². The van der Waals surface area contributed by atoms with Gasteiger partial charge < -0.3 is 50.5 Å². The molecule has 1 aliphatic rings. The van der Waals surface area contributed by atoms with Crippen molar-refractivity contribution >= 4 is 5.91 Å². The third-order valence-corrected chi connectivity index (χ3v) is 16.3. The molecule has 0 aromatic heterocycles. The van der Waals surface area contributed by atoms with Gasteiger partial charge in [0.05, 0.1) is 25.4 Å². The first-order valence-electron chi connectivity index (χ1n) is 33.1. The Balaban J connectivity index is 2.19. The molecule has 0 saturated carbocycles. The number of aliphatic hydroxyl groups excluding tert-OH is 7. The third kappa shape index (κ3) is 41.8. The van der Waals surface area contributed by atoms with E-state index in [0.29, 0.717) is 19.3 Å². The maximum atomic E-state index is 13.2. The van der Waals surface area contributed by atoms with Crippen LogP contribution < -0.4 is 5.32 Å². The van der Waals surface area contributed by atoms with Gasteiger partial charge in [-0.1, -0.05) is 302 Å². The van der Waals surface area contributed by atoms with E-state index < -0.39 is 74.2 Å². The fourth-order valence-corrected chi connectivity index (χ4v) is 11.0. The topological polar surface area (TPSA) is 189 Å². The van der Waals surface area contributed by atoms with Gasteiger partial charge in [-0.15, -0.1) is 0 Å². The number of hydrogen-bond acceptors (Lipinski definition) is 10. The number of allylic oxidation sites excluding steroid dienone is 2. The van der Waals surface area contributed by atoms with Gasteiger partial charge in [0.2, 0.25) is 5.91 Å². The lowest BCUT2D eigenvalue weighted by molar-refractivity contribution is -0.303. The van der Waals surface area contributed by atoms with Gasteiger partial charge in [0, 0.05) is 0 Å². The van der Waals surface area contributed by atoms with Gasteiger partial charge in [-0.25, -0.2) is 0 Å². The average Bonchev–Trinajstić information content (AvgIpc) is 3.42. The lowest BCUT2D eigenvalue weighted by atomic mass is 9.98. The van der Waals surface area contributed by atoms with E-state index in [-0.39, 0.29) is 6.42 Å². The zero-order chi connectivity index (χ0) is 55.4. The van der Waals surface area contributed by atoms with Crippen molar-refractivity contribution < 1.29 is 50.0 Å². The van der Waals surface area contributed by atoms with E-state index in [0.717, 1.165) is 51.4 Å². The number of hydrogen-bond donors (Lipinski definition) is 8. The minimum Gasteiger partial charge on any atom is -0.394 e. The van der Waals surface area contributed by atoms with Crippen molar-refractivity contribution in [2.45, 2.75) is 384 Å². The van der Waals surface area contributed by atoms with Crippen LogP contribution in [0.15, 0.2) is 12.2 Å². The molecule has 0 radical (unpaired) electrons. The molecule has 0 spiro atoms. The predicted octanol–water partition coefficient (Wildman–Crippen LogP) is 15.1. The maximum Gasteiger partial charge on any atom is 0.249 e. The number of rotatable bonds is 58. The second-order valence-corrected chi connectivity index (χ2v) is 23.5. The molecule has 76 heavy (non-hydrogen) atoms. The van der Waals surface area contributed by atoms with Crippen molar-refractivity contribution in [1.29, 1.82) is 0 Å². The molecule has 0 aromatic carbocycles. The lowest BCUT2D eigenvalue weighted by Gasteiger charge is -2.40. The normalized spacial score (nSPS) is 19.6. The second kappa shape index (κ2) is 54.4. The quantitative estimate of drug-likeness (QED) is 0.0215. The Bertz CT molecular complexity index is 1240. The molecule has 9 atom stereocenters. The number of amides is 1. The number of unbranched alkanes of at least 4 members (excludes halogenated alkanes) is 44. The zero-order valence-corrected chi connectivity index (χ0v) is 49.8. The average molecular weight is 1080 g/mol. The first kappa shape index (κ1) is 72.9. The van der Waals surface area contributed by atoms with Crippen molar-refractivity contribution in [1.82, 2.24) is 5.32 Å². The highest BCUT2D eigenvalue weighted by atomic mass is 16.7. The Morgan fingerprint density at radius 3 is 1.11 bits per heavy atom. The minimum atomic E-state index is -1.66. The second-order valence-electron chi connectivity index (χ2n) is 23.5. The largest absolute Gasteiger partial charge is 0.394 e. The summed E-state index contributed by atoms with van der Waals surface area (Å²) >= 11 is 0. The van der Waals surface area contributed by atoms with E-state index in [4.69, 9.17) is 9.47 Å². The van der Waals surface area contributed by atoms with Crippen LogP contribution in [0.2, 0.25) is 0 Å². The summed E-state index contributed by atoms with van der Waals surface area (Å²) in [5, 5.41) is 76.3. The molecular weight excluding hydrogens is 955 g/mol. The van der Waals surface area contributed by atoms with Crippen LogP contribution in [0.3, 0.4) is 0 Å². The SMILES string of the molecule is CCCCCCCCCCC/C=C\CCCCCCC(O)C(=O)NC(COC1OC(CO)C(O)C(O)C1O)C(O)C(O)CCCCCCCCCCCCCCCCCCCCCCCCCCCCCCCCCC. The fourth-order valence-electron chi connectivity index (χ4n) is 11.0. The van der Waals surface area contributed by atoms with E-state index in [9.17, 15) is 40.5 Å². The first-order valence-corrected chi connectivity index (χ1v) is 33.1. The van der Waals surface area contributed by atoms with Gasteiger partial charge in [0.1, 0.15) is 36.6 Å². The minimum absolute atomic E-state index is 0.249. The molecule has 1 fully saturated rings. The molecule has 452 valence electrons. The Hall–Kier alpha value is -1.15. The molecule has 0 aliphatic carbocycles. The van der Waals surface area contributed by atoms with E-state index in [1.54, 1.807) is 0 Å². The first-order chi connectivity index (χ1) is 37.2. The summed E-state index contributed by atoms with van der Waals surface area (Å²) < 4.78 is 11.2. The Morgan fingerprint density at radius 1 is 0.447 bits per heavy atom. The highest BCUT2D eigenvalue weighted by molar-refractivity contribution is 5.80. The summed E-state index contributed by atoms with van der Waals surface area (Å²) in [5.41, 5.74) is 0. The number of aliphatic hydroxyl groups is 7. The Kier molecular flexibility index (Phi) is 52.2. The lowest BCUT2D eigenvalue weighted by Crippen LogP contribution is -2.60. The molecule has 1 saturated heterocycles. The molecule has 0 bridgehead atoms. The third-order valence-electron chi connectivity index (χ3n) is 16.3. The van der Waals surface area contributed by atoms with E-state index in [1.165, 1.54) is 238 Å². The molecule has 8 N–H and O–H groups in total. The fraction of sp³-hybridized carbons (Fsp3) is 0.954. The maximum absolute atomic E-state index is 13.2. The van der Waals surface area contributed by atoms with Crippen LogP contribution in [0.5, 0.6) is 0 Å². The van der Waals surface area contributed by atoms with Gasteiger partial charge in [-0.3, -0.25) is 4.79 Å². The van der Waals surface area contributed by atoms with Crippen LogP contribution in [0.4, 0.5) is 0 Å². The van der Waals surface area contributed by atoms with Crippen LogP contribution in [-0.2, 0) is 14.3 Å². The molecule has 11 heteroatoms. The molecule has 9 unspecified atom stereocenters. The summed E-state index contributed by atoms with van der Waals surface area (Å²) in [7, 11) is 0. The van der Waals surface area contributed by atoms with Crippen LogP contribution >= 0.6 is 0 Å². The van der Waals surface area contributed by atoms with E-state index >= 15 is 0 Å². The summed E-state index contributed by atoms with van der Waals surface area (Å²) in [6.45, 7) is 3.50. The van der Waals surface area contributed by atoms with Gasteiger partial charge >= 0.3 is 0 Å².